The molecule has 0 atom stereocenters. The molecule has 4 nitrogen and oxygen atoms in total. The largest absolute Gasteiger partial charge is 0.541 e. The third-order valence-corrected chi connectivity index (χ3v) is 3.47. The van der Waals surface area contributed by atoms with E-state index in [1.165, 1.54) is 5.56 Å². The van der Waals surface area contributed by atoms with Crippen LogP contribution in [0.2, 0.25) is 13.1 Å². The summed E-state index contributed by atoms with van der Waals surface area (Å²) in [6.45, 7) is 8.29. The molecule has 0 aliphatic heterocycles. The highest BCUT2D eigenvalue weighted by Gasteiger charge is 2.08. The van der Waals surface area contributed by atoms with Crippen LogP contribution >= 0.6 is 0 Å². The van der Waals surface area contributed by atoms with Crippen molar-refractivity contribution >= 4 is 20.4 Å². The fraction of sp³-hybridized carbons (Fsp3) is 0.333. The molecule has 5 heteroatoms. The maximum Gasteiger partial charge on any atom is 0.274 e. The second-order valence-electron chi connectivity index (χ2n) is 5.08. The van der Waals surface area contributed by atoms with Gasteiger partial charge in [0.15, 0.2) is 0 Å². The minimum atomic E-state index is -0.803. The molecule has 0 fully saturated rings. The third-order valence-electron chi connectivity index (χ3n) is 2.84. The minimum Gasteiger partial charge on any atom is -0.541 e. The highest BCUT2D eigenvalue weighted by atomic mass is 28.3. The molecule has 0 aliphatic carbocycles. The Kier molecular flexibility index (Phi) is 4.39. The first-order valence-electron chi connectivity index (χ1n) is 6.58. The maximum atomic E-state index is 5.92. The molecule has 20 heavy (non-hydrogen) atoms. The molecule has 2 aromatic rings. The van der Waals surface area contributed by atoms with Gasteiger partial charge in [-0.15, -0.1) is 0 Å². The highest BCUT2D eigenvalue weighted by Crippen LogP contribution is 2.29. The number of rotatable bonds is 4. The summed E-state index contributed by atoms with van der Waals surface area (Å²) in [5, 5.41) is 4.18. The molecule has 1 aromatic carbocycles. The predicted octanol–water partition coefficient (Wildman–Crippen LogP) is 3.50. The zero-order chi connectivity index (χ0) is 14.7. The van der Waals surface area contributed by atoms with Crippen LogP contribution in [0.25, 0.3) is 0 Å². The number of hydrogen-bond acceptors (Lipinski definition) is 3. The lowest BCUT2D eigenvalue weighted by Gasteiger charge is -2.12. The van der Waals surface area contributed by atoms with E-state index >= 15 is 0 Å². The standard InChI is InChI=1S/C15H20N3OSi/c1-11-6-7-15(19-20(4)5)14(8-11)17-12(2)13-9-16-18(3)10-13/h6-10H,1-5H3. The van der Waals surface area contributed by atoms with Crippen LogP contribution in [0.5, 0.6) is 5.75 Å². The van der Waals surface area contributed by atoms with Gasteiger partial charge in [-0.1, -0.05) is 6.07 Å². The lowest BCUT2D eigenvalue weighted by Crippen LogP contribution is -2.11. The number of aliphatic imine (C=N–C) groups is 1. The SMILES string of the molecule is CC(=Nc1cc(C)ccc1O[Si](C)C)c1cnn(C)c1. The van der Waals surface area contributed by atoms with E-state index in [1.807, 2.05) is 32.4 Å². The van der Waals surface area contributed by atoms with E-state index in [-0.39, 0.29) is 0 Å². The monoisotopic (exact) mass is 286 g/mol. The van der Waals surface area contributed by atoms with Crippen LogP contribution in [-0.4, -0.2) is 24.5 Å². The summed E-state index contributed by atoms with van der Waals surface area (Å²) in [4.78, 5) is 4.71. The van der Waals surface area contributed by atoms with Crippen molar-refractivity contribution < 1.29 is 4.43 Å². The number of nitrogens with zero attached hydrogens (tertiary/aromatic N) is 3. The second kappa shape index (κ2) is 6.05. The van der Waals surface area contributed by atoms with E-state index in [4.69, 9.17) is 9.42 Å². The molecule has 1 heterocycles. The Morgan fingerprint density at radius 1 is 1.35 bits per heavy atom. The second-order valence-corrected chi connectivity index (χ2v) is 7.10. The van der Waals surface area contributed by atoms with Crippen LogP contribution in [0.1, 0.15) is 18.1 Å². The van der Waals surface area contributed by atoms with E-state index in [2.05, 4.69) is 37.2 Å². The number of aromatic nitrogens is 2. The molecule has 1 radical (unpaired) electrons. The van der Waals surface area contributed by atoms with E-state index in [0.29, 0.717) is 0 Å². The van der Waals surface area contributed by atoms with Crippen molar-refractivity contribution in [3.05, 3.63) is 41.7 Å². The minimum absolute atomic E-state index is 0.803. The van der Waals surface area contributed by atoms with E-state index in [9.17, 15) is 0 Å². The van der Waals surface area contributed by atoms with Gasteiger partial charge < -0.3 is 4.43 Å². The van der Waals surface area contributed by atoms with Gasteiger partial charge in [-0.05, 0) is 44.6 Å². The van der Waals surface area contributed by atoms with Crippen molar-refractivity contribution in [2.24, 2.45) is 12.0 Å². The highest BCUT2D eigenvalue weighted by molar-refractivity contribution is 6.49. The molecule has 0 unspecified atom stereocenters. The molecule has 0 saturated heterocycles. The third kappa shape index (κ3) is 3.57. The summed E-state index contributed by atoms with van der Waals surface area (Å²) < 4.78 is 7.70. The van der Waals surface area contributed by atoms with Crippen LogP contribution in [0.3, 0.4) is 0 Å². The van der Waals surface area contributed by atoms with Gasteiger partial charge in [-0.2, -0.15) is 5.10 Å². The average molecular weight is 286 g/mol. The lowest BCUT2D eigenvalue weighted by atomic mass is 10.2. The van der Waals surface area contributed by atoms with Gasteiger partial charge in [-0.25, -0.2) is 4.99 Å². The smallest absolute Gasteiger partial charge is 0.274 e. The Bertz CT molecular complexity index is 632. The fourth-order valence-corrected chi connectivity index (χ4v) is 2.49. The summed E-state index contributed by atoms with van der Waals surface area (Å²) >= 11 is 0. The zero-order valence-corrected chi connectivity index (χ0v) is 13.6. The van der Waals surface area contributed by atoms with Crippen molar-refractivity contribution in [1.29, 1.82) is 0 Å². The summed E-state index contributed by atoms with van der Waals surface area (Å²) in [6.07, 6.45) is 3.79. The molecule has 0 N–H and O–H groups in total. The zero-order valence-electron chi connectivity index (χ0n) is 12.6. The van der Waals surface area contributed by atoms with Crippen molar-refractivity contribution in [1.82, 2.24) is 9.78 Å². The summed E-state index contributed by atoms with van der Waals surface area (Å²) in [7, 11) is 1.10. The molecule has 0 spiro atoms. The quantitative estimate of drug-likeness (QED) is 0.637. The first-order valence-corrected chi connectivity index (χ1v) is 8.99. The number of hydrogen-bond donors (Lipinski definition) is 0. The van der Waals surface area contributed by atoms with E-state index in [1.54, 1.807) is 4.68 Å². The summed E-state index contributed by atoms with van der Waals surface area (Å²) in [5.74, 6) is 0.859. The van der Waals surface area contributed by atoms with E-state index < -0.39 is 9.04 Å². The number of aryl methyl sites for hydroxylation is 2. The van der Waals surface area contributed by atoms with Crippen LogP contribution in [0.15, 0.2) is 35.6 Å². The predicted molar refractivity (Wildman–Crippen MR) is 84.4 cm³/mol. The van der Waals surface area contributed by atoms with Crippen LogP contribution < -0.4 is 4.43 Å². The van der Waals surface area contributed by atoms with Crippen molar-refractivity contribution in [3.8, 4) is 5.75 Å². The Morgan fingerprint density at radius 2 is 2.10 bits per heavy atom. The number of benzene rings is 1. The van der Waals surface area contributed by atoms with Crippen LogP contribution in [0.4, 0.5) is 5.69 Å². The van der Waals surface area contributed by atoms with Crippen LogP contribution in [0, 0.1) is 6.92 Å². The average Bonchev–Trinajstić information content (AvgIpc) is 2.79. The summed E-state index contributed by atoms with van der Waals surface area (Å²) in [5.41, 5.74) is 4.03. The molecule has 1 aromatic heterocycles. The lowest BCUT2D eigenvalue weighted by molar-refractivity contribution is 0.582. The molecule has 0 saturated carbocycles. The Balaban J connectivity index is 2.38. The van der Waals surface area contributed by atoms with Gasteiger partial charge >= 0.3 is 0 Å². The van der Waals surface area contributed by atoms with Crippen molar-refractivity contribution in [3.63, 3.8) is 0 Å². The molecule has 105 valence electrons. The first kappa shape index (κ1) is 14.5. The Morgan fingerprint density at radius 3 is 2.70 bits per heavy atom. The molecule has 0 aliphatic rings. The molecular weight excluding hydrogens is 266 g/mol. The van der Waals surface area contributed by atoms with E-state index in [0.717, 1.165) is 22.7 Å². The van der Waals surface area contributed by atoms with Gasteiger partial charge in [-0.3, -0.25) is 4.68 Å². The van der Waals surface area contributed by atoms with Crippen LogP contribution in [-0.2, 0) is 7.05 Å². The van der Waals surface area contributed by atoms with Crippen molar-refractivity contribution in [2.75, 3.05) is 0 Å². The van der Waals surface area contributed by atoms with Gasteiger partial charge in [0.1, 0.15) is 11.4 Å². The fourth-order valence-electron chi connectivity index (χ4n) is 1.87. The van der Waals surface area contributed by atoms with Gasteiger partial charge in [0.25, 0.3) is 9.04 Å². The molecule has 2 rings (SSSR count). The molecule has 0 bridgehead atoms. The maximum absolute atomic E-state index is 5.92. The van der Waals surface area contributed by atoms with Crippen molar-refractivity contribution in [2.45, 2.75) is 26.9 Å². The van der Waals surface area contributed by atoms with Gasteiger partial charge in [0.2, 0.25) is 0 Å². The Labute approximate surface area is 121 Å². The summed E-state index contributed by atoms with van der Waals surface area (Å²) in [6, 6.07) is 6.11. The Hall–Kier alpha value is -1.88. The topological polar surface area (TPSA) is 39.4 Å². The normalized spacial score (nSPS) is 12.0. The van der Waals surface area contributed by atoms with Gasteiger partial charge in [0.05, 0.1) is 6.20 Å². The molecule has 0 amide bonds. The first-order chi connectivity index (χ1) is 9.45. The molecular formula is C15H20N3OSi. The van der Waals surface area contributed by atoms with Gasteiger partial charge in [0, 0.05) is 24.5 Å².